The van der Waals surface area contributed by atoms with Gasteiger partial charge in [-0.15, -0.1) is 11.8 Å². The van der Waals surface area contributed by atoms with Crippen LogP contribution >= 0.6 is 11.8 Å². The number of rotatable bonds is 5. The van der Waals surface area contributed by atoms with Crippen molar-refractivity contribution in [3.05, 3.63) is 34.1 Å². The van der Waals surface area contributed by atoms with Gasteiger partial charge in [-0.3, -0.25) is 4.79 Å². The molecule has 2 fully saturated rings. The van der Waals surface area contributed by atoms with Crippen molar-refractivity contribution in [1.82, 2.24) is 15.3 Å². The van der Waals surface area contributed by atoms with E-state index in [4.69, 9.17) is 0 Å². The van der Waals surface area contributed by atoms with Gasteiger partial charge in [0.25, 0.3) is 5.56 Å². The molecule has 0 radical (unpaired) electrons. The molecule has 0 spiro atoms. The van der Waals surface area contributed by atoms with Crippen LogP contribution in [0.2, 0.25) is 0 Å². The Bertz CT molecular complexity index is 853. The molecule has 3 N–H and O–H groups in total. The smallest absolute Gasteiger partial charge is 0.261 e. The molecular weight excluding hydrogens is 358 g/mol. The van der Waals surface area contributed by atoms with Crippen LogP contribution in [0.1, 0.15) is 31.5 Å². The average Bonchev–Trinajstić information content (AvgIpc) is 3.24. The van der Waals surface area contributed by atoms with Gasteiger partial charge in [0, 0.05) is 24.8 Å². The second-order valence-electron chi connectivity index (χ2n) is 7.01. The van der Waals surface area contributed by atoms with Crippen molar-refractivity contribution in [2.24, 2.45) is 0 Å². The predicted octanol–water partition coefficient (Wildman–Crippen LogP) is 2.96. The van der Waals surface area contributed by atoms with Crippen LogP contribution in [-0.2, 0) is 5.75 Å². The number of aromatic amines is 1. The van der Waals surface area contributed by atoms with Gasteiger partial charge in [-0.05, 0) is 25.0 Å². The van der Waals surface area contributed by atoms with E-state index in [1.54, 1.807) is 6.07 Å². The number of alkyl halides is 1. The van der Waals surface area contributed by atoms with Crippen molar-refractivity contribution in [2.75, 3.05) is 18.4 Å². The third-order valence-corrected chi connectivity index (χ3v) is 6.39. The fraction of sp³-hybridized carbons (Fsp3) is 0.556. The largest absolute Gasteiger partial charge is 0.382 e. The van der Waals surface area contributed by atoms with Crippen LogP contribution in [0.15, 0.2) is 16.9 Å². The molecule has 1 aromatic heterocycles. The van der Waals surface area contributed by atoms with Crippen LogP contribution < -0.4 is 16.2 Å². The van der Waals surface area contributed by atoms with E-state index in [1.807, 2.05) is 0 Å². The summed E-state index contributed by atoms with van der Waals surface area (Å²) < 4.78 is 28.1. The molecule has 1 aliphatic heterocycles. The molecular formula is C18H22F2N4OS. The fourth-order valence-corrected chi connectivity index (χ4v) is 4.75. The quantitative estimate of drug-likeness (QED) is 0.744. The maximum atomic E-state index is 14.4. The molecule has 1 aromatic carbocycles. The van der Waals surface area contributed by atoms with Gasteiger partial charge >= 0.3 is 0 Å². The standard InChI is InChI=1S/C18H22F2N4OS/c19-12-5-11(22-10-3-1-2-4-10)6-14-17(12)18(25)24-16(23-14)9-26-15-8-21-7-13(15)20/h5-6,10,13,15,21-22H,1-4,7-9H2,(H,23,24,25)/t13-,15+/m0/s1. The van der Waals surface area contributed by atoms with Gasteiger partial charge in [-0.2, -0.15) is 0 Å². The highest BCUT2D eigenvalue weighted by atomic mass is 32.2. The van der Waals surface area contributed by atoms with Crippen molar-refractivity contribution in [2.45, 2.75) is 48.9 Å². The molecule has 0 unspecified atom stereocenters. The molecule has 2 aromatic rings. The first-order valence-electron chi connectivity index (χ1n) is 9.05. The predicted molar refractivity (Wildman–Crippen MR) is 101 cm³/mol. The molecule has 0 bridgehead atoms. The summed E-state index contributed by atoms with van der Waals surface area (Å²) in [6.45, 7) is 0.967. The number of hydrogen-bond donors (Lipinski definition) is 3. The summed E-state index contributed by atoms with van der Waals surface area (Å²) in [5, 5.41) is 6.17. The summed E-state index contributed by atoms with van der Waals surface area (Å²) in [6.07, 6.45) is 3.61. The molecule has 1 saturated carbocycles. The van der Waals surface area contributed by atoms with Crippen molar-refractivity contribution in [1.29, 1.82) is 0 Å². The topological polar surface area (TPSA) is 69.8 Å². The second kappa shape index (κ2) is 7.52. The number of aromatic nitrogens is 2. The van der Waals surface area contributed by atoms with E-state index in [9.17, 15) is 13.6 Å². The Labute approximate surface area is 154 Å². The molecule has 2 atom stereocenters. The van der Waals surface area contributed by atoms with Gasteiger partial charge in [0.2, 0.25) is 0 Å². The molecule has 8 heteroatoms. The Morgan fingerprint density at radius 3 is 2.81 bits per heavy atom. The summed E-state index contributed by atoms with van der Waals surface area (Å²) in [4.78, 5) is 19.3. The van der Waals surface area contributed by atoms with E-state index in [1.165, 1.54) is 30.7 Å². The molecule has 2 aliphatic rings. The number of hydrogen-bond acceptors (Lipinski definition) is 5. The lowest BCUT2D eigenvalue weighted by molar-refractivity contribution is 0.367. The number of nitrogens with zero attached hydrogens (tertiary/aromatic N) is 1. The van der Waals surface area contributed by atoms with E-state index >= 15 is 0 Å². The fourth-order valence-electron chi connectivity index (χ4n) is 3.70. The zero-order valence-corrected chi connectivity index (χ0v) is 15.2. The monoisotopic (exact) mass is 380 g/mol. The van der Waals surface area contributed by atoms with Crippen LogP contribution in [-0.4, -0.2) is 40.5 Å². The third-order valence-electron chi connectivity index (χ3n) is 5.06. The minimum absolute atomic E-state index is 0.0263. The van der Waals surface area contributed by atoms with E-state index < -0.39 is 17.5 Å². The molecule has 1 saturated heterocycles. The van der Waals surface area contributed by atoms with Crippen LogP contribution in [0, 0.1) is 5.82 Å². The Kier molecular flexibility index (Phi) is 5.13. The van der Waals surface area contributed by atoms with Crippen LogP contribution in [0.3, 0.4) is 0 Å². The van der Waals surface area contributed by atoms with Crippen LogP contribution in [0.4, 0.5) is 14.5 Å². The molecule has 2 heterocycles. The van der Waals surface area contributed by atoms with E-state index in [0.717, 1.165) is 12.8 Å². The molecule has 5 nitrogen and oxygen atoms in total. The van der Waals surface area contributed by atoms with E-state index in [0.29, 0.717) is 41.9 Å². The maximum absolute atomic E-state index is 14.4. The van der Waals surface area contributed by atoms with E-state index in [2.05, 4.69) is 20.6 Å². The summed E-state index contributed by atoms with van der Waals surface area (Å²) in [6, 6.07) is 3.44. The zero-order chi connectivity index (χ0) is 18.1. The highest BCUT2D eigenvalue weighted by Crippen LogP contribution is 2.26. The van der Waals surface area contributed by atoms with Gasteiger partial charge in [0.05, 0.1) is 16.5 Å². The molecule has 140 valence electrons. The summed E-state index contributed by atoms with van der Waals surface area (Å²) in [5.41, 5.74) is 0.505. The Morgan fingerprint density at radius 2 is 2.08 bits per heavy atom. The van der Waals surface area contributed by atoms with Crippen LogP contribution in [0.5, 0.6) is 0 Å². The summed E-state index contributed by atoms with van der Waals surface area (Å²) in [7, 11) is 0. The van der Waals surface area contributed by atoms with Gasteiger partial charge in [0.15, 0.2) is 0 Å². The van der Waals surface area contributed by atoms with Crippen molar-refractivity contribution < 1.29 is 8.78 Å². The molecule has 0 amide bonds. The van der Waals surface area contributed by atoms with E-state index in [-0.39, 0.29) is 10.6 Å². The minimum Gasteiger partial charge on any atom is -0.382 e. The van der Waals surface area contributed by atoms with Crippen molar-refractivity contribution in [3.63, 3.8) is 0 Å². The Balaban J connectivity index is 1.58. The SMILES string of the molecule is O=c1[nH]c(CS[C@@H]2CNC[C@@H]2F)nc2cc(NC3CCCC3)cc(F)c12. The maximum Gasteiger partial charge on any atom is 0.261 e. The third kappa shape index (κ3) is 3.71. The highest BCUT2D eigenvalue weighted by molar-refractivity contribution is 7.99. The van der Waals surface area contributed by atoms with Crippen molar-refractivity contribution in [3.8, 4) is 0 Å². The average molecular weight is 380 g/mol. The first-order chi connectivity index (χ1) is 12.6. The van der Waals surface area contributed by atoms with Gasteiger partial charge in [-0.25, -0.2) is 13.8 Å². The number of H-pyrrole nitrogens is 1. The Morgan fingerprint density at radius 1 is 1.27 bits per heavy atom. The Hall–Kier alpha value is -1.67. The lowest BCUT2D eigenvalue weighted by Gasteiger charge is -2.14. The number of nitrogens with one attached hydrogen (secondary N) is 3. The number of fused-ring (bicyclic) bond motifs is 1. The normalized spacial score (nSPS) is 23.8. The molecule has 26 heavy (non-hydrogen) atoms. The zero-order valence-electron chi connectivity index (χ0n) is 14.4. The number of halogens is 2. The van der Waals surface area contributed by atoms with Crippen molar-refractivity contribution >= 4 is 28.4 Å². The first-order valence-corrected chi connectivity index (χ1v) is 10.1. The summed E-state index contributed by atoms with van der Waals surface area (Å²) in [5.74, 6) is 0.267. The van der Waals surface area contributed by atoms with Crippen LogP contribution in [0.25, 0.3) is 10.9 Å². The lowest BCUT2D eigenvalue weighted by atomic mass is 10.2. The molecule has 4 rings (SSSR count). The van der Waals surface area contributed by atoms with Gasteiger partial charge in [0.1, 0.15) is 23.2 Å². The second-order valence-corrected chi connectivity index (χ2v) is 8.24. The number of benzene rings is 1. The summed E-state index contributed by atoms with van der Waals surface area (Å²) >= 11 is 1.42. The molecule has 1 aliphatic carbocycles. The minimum atomic E-state index is -0.896. The lowest BCUT2D eigenvalue weighted by Crippen LogP contribution is -2.18. The van der Waals surface area contributed by atoms with Gasteiger partial charge in [-0.1, -0.05) is 12.8 Å². The number of anilines is 1. The first kappa shape index (κ1) is 17.7. The number of thioether (sulfide) groups is 1. The van der Waals surface area contributed by atoms with Gasteiger partial charge < -0.3 is 15.6 Å². The highest BCUT2D eigenvalue weighted by Gasteiger charge is 2.27.